The first-order valence-corrected chi connectivity index (χ1v) is 6.60. The third-order valence-corrected chi connectivity index (χ3v) is 3.84. The van der Waals surface area contributed by atoms with Crippen LogP contribution in [0.1, 0.15) is 22.0 Å². The molecule has 0 unspecified atom stereocenters. The van der Waals surface area contributed by atoms with Gasteiger partial charge < -0.3 is 5.11 Å². The summed E-state index contributed by atoms with van der Waals surface area (Å²) in [7, 11) is -3.98. The van der Waals surface area contributed by atoms with E-state index in [0.29, 0.717) is 12.3 Å². The summed E-state index contributed by atoms with van der Waals surface area (Å²) in [6, 6.07) is 1.36. The van der Waals surface area contributed by atoms with Crippen molar-refractivity contribution in [1.29, 1.82) is 0 Å². The lowest BCUT2D eigenvalue weighted by Gasteiger charge is -2.11. The Kier molecular flexibility index (Phi) is 2.57. The maximum absolute atomic E-state index is 13.4. The minimum Gasteiger partial charge on any atom is -0.381 e. The van der Waals surface area contributed by atoms with Crippen LogP contribution in [-0.2, 0) is 9.84 Å². The summed E-state index contributed by atoms with van der Waals surface area (Å²) < 4.78 is 62.7. The smallest absolute Gasteiger partial charge is 0.339 e. The second-order valence-electron chi connectivity index (χ2n) is 3.96. The molecule has 0 aliphatic heterocycles. The maximum atomic E-state index is 13.4. The van der Waals surface area contributed by atoms with Crippen LogP contribution < -0.4 is 0 Å². The normalized spacial score (nSPS) is 22.1. The van der Waals surface area contributed by atoms with E-state index in [9.17, 15) is 31.5 Å². The lowest BCUT2D eigenvalue weighted by molar-refractivity contribution is -0.0717. The maximum Gasteiger partial charge on any atom is 0.339 e. The van der Waals surface area contributed by atoms with Crippen LogP contribution in [-0.4, -0.2) is 31.5 Å². The third kappa shape index (κ3) is 1.56. The van der Waals surface area contributed by atoms with Gasteiger partial charge in [-0.2, -0.15) is 8.78 Å². The van der Waals surface area contributed by atoms with Gasteiger partial charge in [0.05, 0.1) is 10.5 Å². The van der Waals surface area contributed by atoms with Crippen molar-refractivity contribution in [2.75, 3.05) is 6.26 Å². The SMILES string of the molecule is CS(=O)(=O)c1ccc(F)c2c1C(=O)C(F)(F)[C@H]2O. The number of hydrogen-bond donors (Lipinski definition) is 1. The van der Waals surface area contributed by atoms with E-state index in [0.717, 1.165) is 6.07 Å². The molecule has 0 amide bonds. The lowest BCUT2D eigenvalue weighted by Crippen LogP contribution is -2.28. The molecule has 0 saturated carbocycles. The van der Waals surface area contributed by atoms with E-state index in [-0.39, 0.29) is 0 Å². The summed E-state index contributed by atoms with van der Waals surface area (Å²) in [5.41, 5.74) is -1.93. The van der Waals surface area contributed by atoms with E-state index in [1.165, 1.54) is 0 Å². The summed E-state index contributed by atoms with van der Waals surface area (Å²) >= 11 is 0. The van der Waals surface area contributed by atoms with Gasteiger partial charge in [-0.25, -0.2) is 12.8 Å². The van der Waals surface area contributed by atoms with Crippen molar-refractivity contribution in [3.63, 3.8) is 0 Å². The fourth-order valence-electron chi connectivity index (χ4n) is 1.86. The molecule has 1 atom stereocenters. The molecule has 8 heteroatoms. The minimum absolute atomic E-state index is 0.632. The van der Waals surface area contributed by atoms with Gasteiger partial charge in [0, 0.05) is 11.8 Å². The first kappa shape index (κ1) is 13.0. The number of rotatable bonds is 1. The molecule has 0 fully saturated rings. The molecule has 2 rings (SSSR count). The highest BCUT2D eigenvalue weighted by Gasteiger charge is 2.57. The Bertz CT molecular complexity index is 651. The second kappa shape index (κ2) is 3.55. The van der Waals surface area contributed by atoms with Gasteiger partial charge in [0.1, 0.15) is 5.82 Å². The molecule has 1 aliphatic rings. The number of carbonyl (C=O) groups excluding carboxylic acids is 1. The molecular weight excluding hydrogens is 273 g/mol. The van der Waals surface area contributed by atoms with Crippen molar-refractivity contribution in [3.05, 3.63) is 29.1 Å². The largest absolute Gasteiger partial charge is 0.381 e. The molecule has 1 aromatic rings. The van der Waals surface area contributed by atoms with Gasteiger partial charge in [0.15, 0.2) is 15.9 Å². The number of aliphatic hydroxyl groups excluding tert-OH is 1. The van der Waals surface area contributed by atoms with Gasteiger partial charge >= 0.3 is 5.92 Å². The molecule has 0 spiro atoms. The van der Waals surface area contributed by atoms with Gasteiger partial charge in [-0.05, 0) is 12.1 Å². The predicted octanol–water partition coefficient (Wildman–Crippen LogP) is 1.09. The summed E-state index contributed by atoms with van der Waals surface area (Å²) in [4.78, 5) is 10.7. The standard InChI is InChI=1S/C10H7F3O4S/c1-18(16,17)5-3-2-4(11)6-7(5)9(15)10(12,13)8(6)14/h2-3,8,14H,1H3/t8-/m0/s1. The Morgan fingerprint density at radius 2 is 1.89 bits per heavy atom. The Balaban J connectivity index is 2.89. The van der Waals surface area contributed by atoms with Crippen LogP contribution in [0, 0.1) is 5.82 Å². The average molecular weight is 280 g/mol. The number of ketones is 1. The Morgan fingerprint density at radius 1 is 1.33 bits per heavy atom. The van der Waals surface area contributed by atoms with Crippen molar-refractivity contribution in [2.45, 2.75) is 16.9 Å². The number of Topliss-reactive ketones (excluding diaryl/α,β-unsaturated/α-hetero) is 1. The molecule has 4 nitrogen and oxygen atoms in total. The van der Waals surface area contributed by atoms with Crippen molar-refractivity contribution in [1.82, 2.24) is 0 Å². The number of aliphatic hydroxyl groups is 1. The first-order chi connectivity index (χ1) is 8.08. The van der Waals surface area contributed by atoms with Gasteiger partial charge in [-0.15, -0.1) is 0 Å². The van der Waals surface area contributed by atoms with E-state index in [1.54, 1.807) is 0 Å². The lowest BCUT2D eigenvalue weighted by atomic mass is 10.1. The van der Waals surface area contributed by atoms with E-state index in [1.807, 2.05) is 0 Å². The number of fused-ring (bicyclic) bond motifs is 1. The molecule has 0 bridgehead atoms. The number of halogens is 3. The van der Waals surface area contributed by atoms with Crippen LogP contribution in [0.5, 0.6) is 0 Å². The zero-order valence-electron chi connectivity index (χ0n) is 8.95. The number of benzene rings is 1. The topological polar surface area (TPSA) is 71.4 Å². The van der Waals surface area contributed by atoms with Crippen LogP contribution in [0.2, 0.25) is 0 Å². The van der Waals surface area contributed by atoms with Gasteiger partial charge in [0.25, 0.3) is 0 Å². The highest BCUT2D eigenvalue weighted by Crippen LogP contribution is 2.46. The Morgan fingerprint density at radius 3 is 2.39 bits per heavy atom. The highest BCUT2D eigenvalue weighted by molar-refractivity contribution is 7.90. The zero-order valence-corrected chi connectivity index (χ0v) is 9.76. The predicted molar refractivity (Wildman–Crippen MR) is 53.7 cm³/mol. The van der Waals surface area contributed by atoms with E-state index in [4.69, 9.17) is 0 Å². The van der Waals surface area contributed by atoms with Crippen LogP contribution >= 0.6 is 0 Å². The molecule has 1 aliphatic carbocycles. The molecule has 0 aromatic heterocycles. The Labute approximate surface area is 100.0 Å². The molecule has 1 N–H and O–H groups in total. The molecule has 0 saturated heterocycles. The molecule has 1 aromatic carbocycles. The van der Waals surface area contributed by atoms with Crippen molar-refractivity contribution in [2.24, 2.45) is 0 Å². The molecule has 0 heterocycles. The summed E-state index contributed by atoms with van der Waals surface area (Å²) in [6.07, 6.45) is -1.96. The van der Waals surface area contributed by atoms with Crippen LogP contribution in [0.25, 0.3) is 0 Å². The first-order valence-electron chi connectivity index (χ1n) is 4.71. The van der Waals surface area contributed by atoms with E-state index in [2.05, 4.69) is 0 Å². The quantitative estimate of drug-likeness (QED) is 0.782. The van der Waals surface area contributed by atoms with Crippen LogP contribution in [0.3, 0.4) is 0 Å². The number of carbonyl (C=O) groups is 1. The van der Waals surface area contributed by atoms with E-state index < -0.39 is 49.5 Å². The highest BCUT2D eigenvalue weighted by atomic mass is 32.2. The molecule has 18 heavy (non-hydrogen) atoms. The Hall–Kier alpha value is -1.41. The zero-order chi connectivity index (χ0) is 13.9. The number of alkyl halides is 2. The average Bonchev–Trinajstić information content (AvgIpc) is 2.40. The minimum atomic E-state index is -4.22. The van der Waals surface area contributed by atoms with Gasteiger partial charge in [-0.1, -0.05) is 0 Å². The fraction of sp³-hybridized carbons (Fsp3) is 0.300. The molecule has 0 radical (unpaired) electrons. The molecule has 98 valence electrons. The van der Waals surface area contributed by atoms with Crippen molar-refractivity contribution in [3.8, 4) is 0 Å². The van der Waals surface area contributed by atoms with Crippen LogP contribution in [0.4, 0.5) is 13.2 Å². The fourth-order valence-corrected chi connectivity index (χ4v) is 2.75. The van der Waals surface area contributed by atoms with Gasteiger partial charge in [-0.3, -0.25) is 4.79 Å². The monoisotopic (exact) mass is 280 g/mol. The van der Waals surface area contributed by atoms with Crippen molar-refractivity contribution >= 4 is 15.6 Å². The second-order valence-corrected chi connectivity index (χ2v) is 5.95. The number of sulfone groups is 1. The van der Waals surface area contributed by atoms with Gasteiger partial charge in [0.2, 0.25) is 5.78 Å². The third-order valence-electron chi connectivity index (χ3n) is 2.70. The van der Waals surface area contributed by atoms with Crippen LogP contribution in [0.15, 0.2) is 17.0 Å². The summed E-state index contributed by atoms with van der Waals surface area (Å²) in [5.74, 6) is -7.34. The number of hydrogen-bond acceptors (Lipinski definition) is 4. The summed E-state index contributed by atoms with van der Waals surface area (Å²) in [6.45, 7) is 0. The summed E-state index contributed by atoms with van der Waals surface area (Å²) in [5, 5.41) is 9.24. The van der Waals surface area contributed by atoms with E-state index >= 15 is 0 Å². The van der Waals surface area contributed by atoms with Crippen molar-refractivity contribution < 1.29 is 31.5 Å². The molecular formula is C10H7F3O4S.